The Morgan fingerprint density at radius 3 is 2.92 bits per heavy atom. The maximum absolute atomic E-state index is 11.6. The molecule has 0 aliphatic carbocycles. The minimum Gasteiger partial charge on any atom is -0.444 e. The van der Waals surface area contributed by atoms with Gasteiger partial charge in [-0.05, 0) is 27.2 Å². The molecule has 3 aromatic heterocycles. The molecule has 0 saturated heterocycles. The Kier molecular flexibility index (Phi) is 5.03. The second-order valence-corrected chi connectivity index (χ2v) is 6.97. The molecule has 0 aliphatic rings. The zero-order valence-electron chi connectivity index (χ0n) is 14.7. The quantitative estimate of drug-likeness (QED) is 0.675. The lowest BCUT2D eigenvalue weighted by Gasteiger charge is -2.19. The Balaban J connectivity index is 1.57. The van der Waals surface area contributed by atoms with Crippen molar-refractivity contribution in [3.63, 3.8) is 0 Å². The highest BCUT2D eigenvalue weighted by atomic mass is 35.5. The van der Waals surface area contributed by atoms with Gasteiger partial charge in [-0.2, -0.15) is 9.78 Å². The molecule has 0 aliphatic heterocycles. The lowest BCUT2D eigenvalue weighted by Crippen LogP contribution is -2.33. The summed E-state index contributed by atoms with van der Waals surface area (Å²) in [6.45, 7) is 6.57. The van der Waals surface area contributed by atoms with Crippen LogP contribution in [0.4, 0.5) is 4.79 Å². The summed E-state index contributed by atoms with van der Waals surface area (Å²) in [4.78, 5) is 19.8. The van der Waals surface area contributed by atoms with Crippen LogP contribution >= 0.6 is 11.6 Å². The van der Waals surface area contributed by atoms with Crippen molar-refractivity contribution in [2.45, 2.75) is 39.3 Å². The van der Waals surface area contributed by atoms with E-state index in [9.17, 15) is 4.79 Å². The molecule has 1 amide bonds. The van der Waals surface area contributed by atoms with Gasteiger partial charge in [0, 0.05) is 13.1 Å². The van der Waals surface area contributed by atoms with Gasteiger partial charge in [0.25, 0.3) is 0 Å². The van der Waals surface area contributed by atoms with Crippen LogP contribution in [0.1, 0.15) is 27.2 Å². The summed E-state index contributed by atoms with van der Waals surface area (Å²) in [5.74, 6) is 0. The molecule has 3 aromatic rings. The third-order valence-electron chi connectivity index (χ3n) is 3.23. The SMILES string of the molecule is CC(C)(C)OC(=O)NCCCn1cc(-n2nnc3ncc(Cl)nc32)cn1. The van der Waals surface area contributed by atoms with E-state index in [2.05, 4.69) is 30.7 Å². The largest absolute Gasteiger partial charge is 0.444 e. The summed E-state index contributed by atoms with van der Waals surface area (Å²) in [6, 6.07) is 0. The first-order valence-corrected chi connectivity index (χ1v) is 8.43. The molecule has 3 heterocycles. The van der Waals surface area contributed by atoms with Crippen molar-refractivity contribution in [2.24, 2.45) is 0 Å². The third kappa shape index (κ3) is 4.45. The van der Waals surface area contributed by atoms with E-state index in [-0.39, 0.29) is 5.15 Å². The maximum Gasteiger partial charge on any atom is 0.407 e. The number of rotatable bonds is 5. The Hall–Kier alpha value is -2.75. The zero-order chi connectivity index (χ0) is 18.7. The van der Waals surface area contributed by atoms with Gasteiger partial charge in [0.2, 0.25) is 11.3 Å². The molecule has 0 bridgehead atoms. The van der Waals surface area contributed by atoms with Crippen LogP contribution in [0, 0.1) is 0 Å². The summed E-state index contributed by atoms with van der Waals surface area (Å²) >= 11 is 5.88. The van der Waals surface area contributed by atoms with Crippen LogP contribution < -0.4 is 5.32 Å². The van der Waals surface area contributed by atoms with E-state index in [1.165, 1.54) is 10.9 Å². The topological polar surface area (TPSA) is 113 Å². The van der Waals surface area contributed by atoms with Crippen molar-refractivity contribution in [3.05, 3.63) is 23.7 Å². The number of amides is 1. The van der Waals surface area contributed by atoms with E-state index in [0.717, 1.165) is 0 Å². The van der Waals surface area contributed by atoms with Gasteiger partial charge in [-0.3, -0.25) is 4.68 Å². The van der Waals surface area contributed by atoms with Gasteiger partial charge in [-0.25, -0.2) is 14.8 Å². The van der Waals surface area contributed by atoms with Crippen LogP contribution in [0.5, 0.6) is 0 Å². The number of ether oxygens (including phenoxy) is 1. The molecule has 0 unspecified atom stereocenters. The molecule has 138 valence electrons. The molecular formula is C15H19ClN8O2. The molecule has 0 spiro atoms. The predicted octanol–water partition coefficient (Wildman–Crippen LogP) is 1.98. The number of hydrogen-bond donors (Lipinski definition) is 1. The van der Waals surface area contributed by atoms with Crippen LogP contribution in [-0.4, -0.2) is 53.0 Å². The smallest absolute Gasteiger partial charge is 0.407 e. The van der Waals surface area contributed by atoms with Gasteiger partial charge in [0.05, 0.1) is 18.6 Å². The highest BCUT2D eigenvalue weighted by Gasteiger charge is 2.15. The van der Waals surface area contributed by atoms with Crippen molar-refractivity contribution in [1.82, 2.24) is 40.1 Å². The summed E-state index contributed by atoms with van der Waals surface area (Å²) in [5.41, 5.74) is 1.06. The number of nitrogens with one attached hydrogen (secondary N) is 1. The fourth-order valence-corrected chi connectivity index (χ4v) is 2.33. The Labute approximate surface area is 154 Å². The number of hydrogen-bond acceptors (Lipinski definition) is 7. The Morgan fingerprint density at radius 1 is 1.35 bits per heavy atom. The number of aromatic nitrogens is 7. The van der Waals surface area contributed by atoms with Crippen LogP contribution in [0.3, 0.4) is 0 Å². The first-order valence-electron chi connectivity index (χ1n) is 8.05. The minimum absolute atomic E-state index is 0.265. The summed E-state index contributed by atoms with van der Waals surface area (Å²) < 4.78 is 8.45. The number of nitrogens with zero attached hydrogens (tertiary/aromatic N) is 7. The molecule has 11 heteroatoms. The van der Waals surface area contributed by atoms with Gasteiger partial charge < -0.3 is 10.1 Å². The molecule has 10 nitrogen and oxygen atoms in total. The lowest BCUT2D eigenvalue weighted by atomic mass is 10.2. The highest BCUT2D eigenvalue weighted by Crippen LogP contribution is 2.14. The molecule has 0 fully saturated rings. The van der Waals surface area contributed by atoms with Gasteiger partial charge in [0.15, 0.2) is 0 Å². The first kappa shape index (κ1) is 18.1. The fourth-order valence-electron chi connectivity index (χ4n) is 2.20. The van der Waals surface area contributed by atoms with Gasteiger partial charge in [-0.15, -0.1) is 5.10 Å². The number of carbonyl (C=O) groups excluding carboxylic acids is 1. The predicted molar refractivity (Wildman–Crippen MR) is 94.1 cm³/mol. The van der Waals surface area contributed by atoms with Crippen LogP contribution in [0.25, 0.3) is 17.0 Å². The van der Waals surface area contributed by atoms with E-state index < -0.39 is 11.7 Å². The second kappa shape index (κ2) is 7.24. The standard InChI is InChI=1S/C15H19ClN8O2/c1-15(2,3)26-14(25)17-5-4-6-23-9-10(7-19-23)24-13-12(21-22-24)18-8-11(16)20-13/h7-9H,4-6H2,1-3H3,(H,17,25). The average molecular weight is 379 g/mol. The Bertz CT molecular complexity index is 914. The van der Waals surface area contributed by atoms with Gasteiger partial charge in [0.1, 0.15) is 16.4 Å². The molecule has 0 atom stereocenters. The molecule has 0 radical (unpaired) electrons. The minimum atomic E-state index is -0.507. The lowest BCUT2D eigenvalue weighted by molar-refractivity contribution is 0.0526. The van der Waals surface area contributed by atoms with Crippen molar-refractivity contribution >= 4 is 29.0 Å². The van der Waals surface area contributed by atoms with Crippen LogP contribution in [0.2, 0.25) is 5.15 Å². The second-order valence-electron chi connectivity index (χ2n) is 6.59. The normalized spacial score (nSPS) is 11.7. The highest BCUT2D eigenvalue weighted by molar-refractivity contribution is 6.29. The first-order chi connectivity index (χ1) is 12.3. The van der Waals surface area contributed by atoms with Crippen molar-refractivity contribution in [1.29, 1.82) is 0 Å². The monoisotopic (exact) mass is 378 g/mol. The molecule has 1 N–H and O–H groups in total. The number of alkyl carbamates (subject to hydrolysis) is 1. The molecule has 0 aromatic carbocycles. The molecule has 0 saturated carbocycles. The van der Waals surface area contributed by atoms with Crippen molar-refractivity contribution in [2.75, 3.05) is 6.54 Å². The van der Waals surface area contributed by atoms with E-state index in [1.807, 2.05) is 27.0 Å². The van der Waals surface area contributed by atoms with Crippen LogP contribution in [0.15, 0.2) is 18.6 Å². The number of halogens is 1. The van der Waals surface area contributed by atoms with Gasteiger partial charge >= 0.3 is 6.09 Å². The van der Waals surface area contributed by atoms with Gasteiger partial charge in [-0.1, -0.05) is 16.8 Å². The Morgan fingerprint density at radius 2 is 2.15 bits per heavy atom. The van der Waals surface area contributed by atoms with E-state index in [1.54, 1.807) is 10.9 Å². The number of fused-ring (bicyclic) bond motifs is 1. The zero-order valence-corrected chi connectivity index (χ0v) is 15.4. The third-order valence-corrected chi connectivity index (χ3v) is 3.41. The van der Waals surface area contributed by atoms with E-state index in [0.29, 0.717) is 36.5 Å². The average Bonchev–Trinajstić information content (AvgIpc) is 3.16. The number of aryl methyl sites for hydroxylation is 1. The molecular weight excluding hydrogens is 360 g/mol. The fraction of sp³-hybridized carbons (Fsp3) is 0.467. The summed E-state index contributed by atoms with van der Waals surface area (Å²) in [5, 5.41) is 15.2. The summed E-state index contributed by atoms with van der Waals surface area (Å²) in [6.07, 6.45) is 5.15. The molecule has 26 heavy (non-hydrogen) atoms. The molecule has 3 rings (SSSR count). The van der Waals surface area contributed by atoms with Crippen molar-refractivity contribution < 1.29 is 9.53 Å². The number of carbonyl (C=O) groups is 1. The van der Waals surface area contributed by atoms with Crippen LogP contribution in [-0.2, 0) is 11.3 Å². The summed E-state index contributed by atoms with van der Waals surface area (Å²) in [7, 11) is 0. The van der Waals surface area contributed by atoms with E-state index in [4.69, 9.17) is 16.3 Å². The van der Waals surface area contributed by atoms with Crippen molar-refractivity contribution in [3.8, 4) is 5.69 Å². The van der Waals surface area contributed by atoms with E-state index >= 15 is 0 Å². The maximum atomic E-state index is 11.6.